The van der Waals surface area contributed by atoms with Gasteiger partial charge in [0.2, 0.25) is 0 Å². The summed E-state index contributed by atoms with van der Waals surface area (Å²) in [5.74, 6) is 0.889. The van der Waals surface area contributed by atoms with Crippen molar-refractivity contribution in [2.24, 2.45) is 0 Å². The Morgan fingerprint density at radius 3 is 3.07 bits per heavy atom. The highest BCUT2D eigenvalue weighted by Gasteiger charge is 2.18. The minimum atomic E-state index is 0.308. The lowest BCUT2D eigenvalue weighted by atomic mass is 10.2. The van der Waals surface area contributed by atoms with Crippen LogP contribution in [0.1, 0.15) is 5.69 Å². The number of nitrogens with zero attached hydrogens (tertiary/aromatic N) is 1. The molecule has 0 spiro atoms. The van der Waals surface area contributed by atoms with E-state index in [9.17, 15) is 0 Å². The van der Waals surface area contributed by atoms with Gasteiger partial charge in [0.25, 0.3) is 0 Å². The quantitative estimate of drug-likeness (QED) is 0.805. The van der Waals surface area contributed by atoms with Crippen LogP contribution in [0.15, 0.2) is 22.7 Å². The zero-order chi connectivity index (χ0) is 10.3. The number of nitrogens with one attached hydrogen (secondary N) is 1. The van der Waals surface area contributed by atoms with Crippen LogP contribution in [-0.2, 0) is 0 Å². The Labute approximate surface area is 87.2 Å². The van der Waals surface area contributed by atoms with Crippen LogP contribution < -0.4 is 10.1 Å². The number of benzene rings is 1. The maximum Gasteiger partial charge on any atom is 0.167 e. The third kappa shape index (κ3) is 1.47. The molecule has 1 aromatic carbocycles. The van der Waals surface area contributed by atoms with Gasteiger partial charge in [0.15, 0.2) is 5.58 Å². The number of ether oxygens (including phenoxy) is 1. The summed E-state index contributed by atoms with van der Waals surface area (Å²) < 4.78 is 10.9. The van der Waals surface area contributed by atoms with Crippen molar-refractivity contribution in [3.05, 3.63) is 23.9 Å². The van der Waals surface area contributed by atoms with Crippen LogP contribution in [0.25, 0.3) is 11.0 Å². The van der Waals surface area contributed by atoms with Gasteiger partial charge in [-0.05, 0) is 25.1 Å². The van der Waals surface area contributed by atoms with Crippen molar-refractivity contribution in [1.82, 2.24) is 10.5 Å². The van der Waals surface area contributed by atoms with E-state index >= 15 is 0 Å². The fraction of sp³-hybridized carbons (Fsp3) is 0.364. The molecule has 1 aliphatic heterocycles. The van der Waals surface area contributed by atoms with Gasteiger partial charge in [-0.15, -0.1) is 0 Å². The van der Waals surface area contributed by atoms with Crippen LogP contribution in [0.5, 0.6) is 5.75 Å². The number of fused-ring (bicyclic) bond motifs is 1. The third-order valence-corrected chi connectivity index (χ3v) is 2.67. The van der Waals surface area contributed by atoms with Crippen molar-refractivity contribution in [2.75, 3.05) is 13.1 Å². The van der Waals surface area contributed by atoms with E-state index in [1.807, 2.05) is 25.1 Å². The number of aryl methyl sites for hydroxylation is 1. The van der Waals surface area contributed by atoms with Crippen LogP contribution in [0, 0.1) is 6.92 Å². The lowest BCUT2D eigenvalue weighted by Crippen LogP contribution is -2.50. The topological polar surface area (TPSA) is 47.3 Å². The largest absolute Gasteiger partial charge is 0.488 e. The predicted octanol–water partition coefficient (Wildman–Crippen LogP) is 1.49. The van der Waals surface area contributed by atoms with Crippen molar-refractivity contribution < 1.29 is 9.26 Å². The Balaban J connectivity index is 1.93. The summed E-state index contributed by atoms with van der Waals surface area (Å²) in [7, 11) is 0. The molecule has 1 saturated heterocycles. The number of hydrogen-bond acceptors (Lipinski definition) is 4. The molecule has 3 rings (SSSR count). The summed E-state index contributed by atoms with van der Waals surface area (Å²) >= 11 is 0. The van der Waals surface area contributed by atoms with E-state index in [4.69, 9.17) is 9.26 Å². The molecule has 0 amide bonds. The Morgan fingerprint density at radius 1 is 1.47 bits per heavy atom. The first kappa shape index (κ1) is 8.73. The molecule has 2 aromatic rings. The van der Waals surface area contributed by atoms with Crippen molar-refractivity contribution in [3.8, 4) is 5.75 Å². The second kappa shape index (κ2) is 3.24. The van der Waals surface area contributed by atoms with Crippen molar-refractivity contribution >= 4 is 11.0 Å². The molecule has 2 heterocycles. The maximum atomic E-state index is 5.75. The molecular weight excluding hydrogens is 192 g/mol. The fourth-order valence-corrected chi connectivity index (χ4v) is 1.65. The SMILES string of the molecule is Cc1noc2ccc(OC3CNC3)cc12. The second-order valence-electron chi connectivity index (χ2n) is 3.82. The van der Waals surface area contributed by atoms with E-state index in [2.05, 4.69) is 10.5 Å². The molecule has 0 bridgehead atoms. The van der Waals surface area contributed by atoms with E-state index in [0.29, 0.717) is 6.10 Å². The van der Waals surface area contributed by atoms with Gasteiger partial charge >= 0.3 is 0 Å². The summed E-state index contributed by atoms with van der Waals surface area (Å²) in [5, 5.41) is 8.10. The first-order chi connectivity index (χ1) is 7.33. The van der Waals surface area contributed by atoms with E-state index in [0.717, 1.165) is 35.5 Å². The van der Waals surface area contributed by atoms with Gasteiger partial charge in [-0.1, -0.05) is 5.16 Å². The minimum Gasteiger partial charge on any atom is -0.488 e. The monoisotopic (exact) mass is 204 g/mol. The molecule has 0 radical (unpaired) electrons. The lowest BCUT2D eigenvalue weighted by Gasteiger charge is -2.27. The summed E-state index contributed by atoms with van der Waals surface area (Å²) in [4.78, 5) is 0. The third-order valence-electron chi connectivity index (χ3n) is 2.67. The van der Waals surface area contributed by atoms with Crippen LogP contribution in [0.4, 0.5) is 0 Å². The molecular formula is C11H12N2O2. The zero-order valence-electron chi connectivity index (χ0n) is 8.49. The smallest absolute Gasteiger partial charge is 0.167 e. The van der Waals surface area contributed by atoms with E-state index < -0.39 is 0 Å². The zero-order valence-corrected chi connectivity index (χ0v) is 8.49. The van der Waals surface area contributed by atoms with Crippen molar-refractivity contribution in [3.63, 3.8) is 0 Å². The standard InChI is InChI=1S/C11H12N2O2/c1-7-10-4-8(14-9-5-12-6-9)2-3-11(10)15-13-7/h2-4,9,12H,5-6H2,1H3. The summed E-state index contributed by atoms with van der Waals surface area (Å²) in [6.45, 7) is 3.79. The lowest BCUT2D eigenvalue weighted by molar-refractivity contribution is 0.142. The average molecular weight is 204 g/mol. The molecule has 4 nitrogen and oxygen atoms in total. The molecule has 1 fully saturated rings. The molecule has 4 heteroatoms. The molecule has 0 saturated carbocycles. The Bertz CT molecular complexity index is 488. The van der Waals surface area contributed by atoms with Crippen molar-refractivity contribution in [1.29, 1.82) is 0 Å². The Morgan fingerprint density at radius 2 is 2.33 bits per heavy atom. The fourth-order valence-electron chi connectivity index (χ4n) is 1.65. The summed E-state index contributed by atoms with van der Waals surface area (Å²) in [5.41, 5.74) is 1.72. The summed E-state index contributed by atoms with van der Waals surface area (Å²) in [6, 6.07) is 5.81. The number of rotatable bonds is 2. The molecule has 0 unspecified atom stereocenters. The first-order valence-corrected chi connectivity index (χ1v) is 5.06. The normalized spacial score (nSPS) is 16.6. The van der Waals surface area contributed by atoms with E-state index in [-0.39, 0.29) is 0 Å². The molecule has 1 N–H and O–H groups in total. The highest BCUT2D eigenvalue weighted by Crippen LogP contribution is 2.24. The second-order valence-corrected chi connectivity index (χ2v) is 3.82. The van der Waals surface area contributed by atoms with Gasteiger partial charge in [-0.3, -0.25) is 0 Å². The maximum absolute atomic E-state index is 5.75. The molecule has 0 atom stereocenters. The first-order valence-electron chi connectivity index (χ1n) is 5.06. The van der Waals surface area contributed by atoms with Crippen LogP contribution in [-0.4, -0.2) is 24.4 Å². The van der Waals surface area contributed by atoms with E-state index in [1.165, 1.54) is 0 Å². The van der Waals surface area contributed by atoms with Crippen molar-refractivity contribution in [2.45, 2.75) is 13.0 Å². The van der Waals surface area contributed by atoms with Gasteiger partial charge < -0.3 is 14.6 Å². The predicted molar refractivity (Wildman–Crippen MR) is 56.0 cm³/mol. The van der Waals surface area contributed by atoms with Gasteiger partial charge in [0.1, 0.15) is 11.9 Å². The van der Waals surface area contributed by atoms with Gasteiger partial charge in [0.05, 0.1) is 5.69 Å². The molecule has 1 aliphatic rings. The molecule has 78 valence electrons. The molecule has 1 aromatic heterocycles. The van der Waals surface area contributed by atoms with Gasteiger partial charge in [0, 0.05) is 18.5 Å². The van der Waals surface area contributed by atoms with E-state index in [1.54, 1.807) is 0 Å². The number of aromatic nitrogens is 1. The number of hydrogen-bond donors (Lipinski definition) is 1. The highest BCUT2D eigenvalue weighted by atomic mass is 16.5. The van der Waals surface area contributed by atoms with Gasteiger partial charge in [-0.25, -0.2) is 0 Å². The minimum absolute atomic E-state index is 0.308. The Hall–Kier alpha value is -1.55. The summed E-state index contributed by atoms with van der Waals surface area (Å²) in [6.07, 6.45) is 0.308. The van der Waals surface area contributed by atoms with Crippen LogP contribution >= 0.6 is 0 Å². The molecule has 0 aliphatic carbocycles. The van der Waals surface area contributed by atoms with Crippen LogP contribution in [0.2, 0.25) is 0 Å². The van der Waals surface area contributed by atoms with Crippen LogP contribution in [0.3, 0.4) is 0 Å². The molecule has 15 heavy (non-hydrogen) atoms. The highest BCUT2D eigenvalue weighted by molar-refractivity contribution is 5.80. The van der Waals surface area contributed by atoms with Gasteiger partial charge in [-0.2, -0.15) is 0 Å². The average Bonchev–Trinajstić information content (AvgIpc) is 2.55. The Kier molecular flexibility index (Phi) is 1.89.